The molecule has 11 aromatic rings. The average Bonchev–Trinajstić information content (AvgIpc) is 3.81. The Bertz CT molecular complexity index is 3220. The van der Waals surface area contributed by atoms with Gasteiger partial charge in [-0.1, -0.05) is 127 Å². The van der Waals surface area contributed by atoms with Crippen molar-refractivity contribution in [2.75, 3.05) is 0 Å². The first-order valence-corrected chi connectivity index (χ1v) is 18.7. The van der Waals surface area contributed by atoms with Gasteiger partial charge in [-0.3, -0.25) is 4.98 Å². The van der Waals surface area contributed by atoms with Crippen molar-refractivity contribution >= 4 is 64.4 Å². The zero-order valence-corrected chi connectivity index (χ0v) is 29.6. The van der Waals surface area contributed by atoms with Crippen LogP contribution < -0.4 is 0 Å². The molecule has 0 saturated heterocycles. The lowest BCUT2D eigenvalue weighted by Crippen LogP contribution is -2.00. The number of nitrogens with zero attached hydrogens (tertiary/aromatic N) is 4. The highest BCUT2D eigenvalue weighted by atomic mass is 32.1. The molecule has 54 heavy (non-hydrogen) atoms. The van der Waals surface area contributed by atoms with Crippen molar-refractivity contribution in [2.45, 2.75) is 0 Å². The Labute approximate surface area is 313 Å². The summed E-state index contributed by atoms with van der Waals surface area (Å²) >= 11 is 1.79. The number of para-hydroxylation sites is 1. The van der Waals surface area contributed by atoms with Crippen molar-refractivity contribution in [2.24, 2.45) is 0 Å². The van der Waals surface area contributed by atoms with Crippen LogP contribution in [0.4, 0.5) is 0 Å². The number of pyridine rings is 1. The van der Waals surface area contributed by atoms with Crippen LogP contribution in [0.3, 0.4) is 0 Å². The van der Waals surface area contributed by atoms with Crippen LogP contribution >= 0.6 is 11.3 Å². The van der Waals surface area contributed by atoms with E-state index in [1.807, 2.05) is 54.7 Å². The molecule has 0 aliphatic heterocycles. The highest BCUT2D eigenvalue weighted by Crippen LogP contribution is 2.40. The van der Waals surface area contributed by atoms with Gasteiger partial charge in [-0.25, -0.2) is 15.0 Å². The standard InChI is InChI=1S/C48H28N4OS/c1-2-9-32(10-3-1)46-50-47(34-22-24-37-36-13-4-5-17-42(36)54-43(37)28-34)52-48(51-46)38-15-7-16-41-44(38)39-27-33(23-25-40(39)53-41)29-18-20-30(21-19-29)35-14-6-11-31-12-8-26-49-45(31)35/h1-28H. The highest BCUT2D eigenvalue weighted by molar-refractivity contribution is 7.25. The Morgan fingerprint density at radius 2 is 1.11 bits per heavy atom. The molecule has 4 aromatic heterocycles. The summed E-state index contributed by atoms with van der Waals surface area (Å²) in [4.78, 5) is 20.0. The van der Waals surface area contributed by atoms with Crippen LogP contribution in [0.5, 0.6) is 0 Å². The summed E-state index contributed by atoms with van der Waals surface area (Å²) in [7, 11) is 0. The molecule has 0 N–H and O–H groups in total. The third kappa shape index (κ3) is 5.07. The molecule has 0 radical (unpaired) electrons. The summed E-state index contributed by atoms with van der Waals surface area (Å²) in [5, 5.41) is 5.62. The lowest BCUT2D eigenvalue weighted by molar-refractivity contribution is 0.669. The number of hydrogen-bond donors (Lipinski definition) is 0. The summed E-state index contributed by atoms with van der Waals surface area (Å²) in [6.07, 6.45) is 1.85. The number of aromatic nitrogens is 4. The molecule has 4 heterocycles. The van der Waals surface area contributed by atoms with Crippen molar-refractivity contribution in [3.05, 3.63) is 170 Å². The van der Waals surface area contributed by atoms with Gasteiger partial charge in [-0.2, -0.15) is 0 Å². The second-order valence-corrected chi connectivity index (χ2v) is 14.5. The van der Waals surface area contributed by atoms with Crippen molar-refractivity contribution in [1.29, 1.82) is 0 Å². The quantitative estimate of drug-likeness (QED) is 0.178. The topological polar surface area (TPSA) is 64.7 Å². The predicted octanol–water partition coefficient (Wildman–Crippen LogP) is 13.0. The number of thiophene rings is 1. The molecule has 0 bridgehead atoms. The normalized spacial score (nSPS) is 11.7. The first-order chi connectivity index (χ1) is 26.7. The van der Waals surface area contributed by atoms with Crippen LogP contribution in [0.15, 0.2) is 174 Å². The van der Waals surface area contributed by atoms with Gasteiger partial charge in [-0.15, -0.1) is 11.3 Å². The summed E-state index contributed by atoms with van der Waals surface area (Å²) in [5.74, 6) is 1.85. The van der Waals surface area contributed by atoms with Gasteiger partial charge < -0.3 is 4.42 Å². The van der Waals surface area contributed by atoms with E-state index in [0.29, 0.717) is 17.5 Å². The molecular formula is C48H28N4OS. The number of furan rings is 1. The Balaban J connectivity index is 1.05. The Hall–Kier alpha value is -7.02. The predicted molar refractivity (Wildman–Crippen MR) is 222 cm³/mol. The van der Waals surface area contributed by atoms with Gasteiger partial charge >= 0.3 is 0 Å². The third-order valence-corrected chi connectivity index (χ3v) is 11.3. The minimum atomic E-state index is 0.599. The largest absolute Gasteiger partial charge is 0.456 e. The molecule has 5 nitrogen and oxygen atoms in total. The zero-order valence-electron chi connectivity index (χ0n) is 28.8. The number of rotatable bonds is 5. The van der Waals surface area contributed by atoms with E-state index in [2.05, 4.69) is 120 Å². The maximum absolute atomic E-state index is 6.45. The van der Waals surface area contributed by atoms with E-state index in [1.54, 1.807) is 11.3 Å². The molecule has 11 rings (SSSR count). The minimum Gasteiger partial charge on any atom is -0.456 e. The minimum absolute atomic E-state index is 0.599. The molecule has 0 aliphatic rings. The van der Waals surface area contributed by atoms with E-state index in [9.17, 15) is 0 Å². The average molecular weight is 709 g/mol. The maximum Gasteiger partial charge on any atom is 0.164 e. The smallest absolute Gasteiger partial charge is 0.164 e. The van der Waals surface area contributed by atoms with Gasteiger partial charge in [0.05, 0.1) is 5.52 Å². The van der Waals surface area contributed by atoms with Crippen molar-refractivity contribution in [1.82, 2.24) is 19.9 Å². The molecule has 0 spiro atoms. The van der Waals surface area contributed by atoms with Gasteiger partial charge in [0.1, 0.15) is 11.2 Å². The molecule has 0 saturated carbocycles. The molecule has 0 fully saturated rings. The van der Waals surface area contributed by atoms with Crippen molar-refractivity contribution in [3.8, 4) is 56.4 Å². The lowest BCUT2D eigenvalue weighted by Gasteiger charge is -2.10. The number of benzene rings is 7. The SMILES string of the molecule is c1ccc(-c2nc(-c3ccc4c(c3)sc3ccccc34)nc(-c3cccc4oc5ccc(-c6ccc(-c7cccc8cccnc78)cc6)cc5c34)n2)cc1. The molecule has 0 aliphatic carbocycles. The van der Waals surface area contributed by atoms with Crippen LogP contribution in [-0.4, -0.2) is 19.9 Å². The second kappa shape index (κ2) is 12.3. The van der Waals surface area contributed by atoms with E-state index in [1.165, 1.54) is 20.2 Å². The zero-order chi connectivity index (χ0) is 35.6. The maximum atomic E-state index is 6.45. The molecule has 6 heteroatoms. The van der Waals surface area contributed by atoms with E-state index in [0.717, 1.165) is 71.8 Å². The van der Waals surface area contributed by atoms with Gasteiger partial charge in [0.15, 0.2) is 17.5 Å². The van der Waals surface area contributed by atoms with Crippen molar-refractivity contribution < 1.29 is 4.42 Å². The van der Waals surface area contributed by atoms with Gasteiger partial charge in [0.25, 0.3) is 0 Å². The van der Waals surface area contributed by atoms with E-state index in [4.69, 9.17) is 19.4 Å². The van der Waals surface area contributed by atoms with Gasteiger partial charge in [-0.05, 0) is 53.1 Å². The van der Waals surface area contributed by atoms with E-state index < -0.39 is 0 Å². The molecule has 0 amide bonds. The highest BCUT2D eigenvalue weighted by Gasteiger charge is 2.19. The number of fused-ring (bicyclic) bond motifs is 7. The molecule has 0 unspecified atom stereocenters. The van der Waals surface area contributed by atoms with Crippen LogP contribution in [0.2, 0.25) is 0 Å². The van der Waals surface area contributed by atoms with Gasteiger partial charge in [0, 0.05) is 64.8 Å². The second-order valence-electron chi connectivity index (χ2n) is 13.4. The van der Waals surface area contributed by atoms with Gasteiger partial charge in [0.2, 0.25) is 0 Å². The number of hydrogen-bond acceptors (Lipinski definition) is 6. The molecule has 0 atom stereocenters. The van der Waals surface area contributed by atoms with Crippen molar-refractivity contribution in [3.63, 3.8) is 0 Å². The van der Waals surface area contributed by atoms with Crippen LogP contribution in [0.25, 0.3) is 109 Å². The fourth-order valence-corrected chi connectivity index (χ4v) is 8.72. The fraction of sp³-hybridized carbons (Fsp3) is 0. The lowest BCUT2D eigenvalue weighted by atomic mass is 9.97. The molecule has 7 aromatic carbocycles. The van der Waals surface area contributed by atoms with E-state index >= 15 is 0 Å². The Kier molecular flexibility index (Phi) is 6.97. The Morgan fingerprint density at radius 3 is 2.02 bits per heavy atom. The van der Waals surface area contributed by atoms with E-state index in [-0.39, 0.29) is 0 Å². The first-order valence-electron chi connectivity index (χ1n) is 17.9. The molecule has 252 valence electrons. The summed E-state index contributed by atoms with van der Waals surface area (Å²) in [6, 6.07) is 56.8. The summed E-state index contributed by atoms with van der Waals surface area (Å²) in [5.41, 5.74) is 9.84. The monoisotopic (exact) mass is 708 g/mol. The Morgan fingerprint density at radius 1 is 0.407 bits per heavy atom. The van der Waals surface area contributed by atoms with Crippen LogP contribution in [0, 0.1) is 0 Å². The van der Waals surface area contributed by atoms with Crippen LogP contribution in [-0.2, 0) is 0 Å². The van der Waals surface area contributed by atoms with Crippen LogP contribution in [0.1, 0.15) is 0 Å². The first kappa shape index (κ1) is 30.6. The fourth-order valence-electron chi connectivity index (χ4n) is 7.58. The summed E-state index contributed by atoms with van der Waals surface area (Å²) in [6.45, 7) is 0. The molecular weight excluding hydrogens is 681 g/mol. The summed E-state index contributed by atoms with van der Waals surface area (Å²) < 4.78 is 8.92. The third-order valence-electron chi connectivity index (χ3n) is 10.2.